The first kappa shape index (κ1) is 24.7. The van der Waals surface area contributed by atoms with Gasteiger partial charge in [-0.15, -0.1) is 0 Å². The zero-order valence-corrected chi connectivity index (χ0v) is 19.8. The Kier molecular flexibility index (Phi) is 7.89. The Morgan fingerprint density at radius 2 is 1.97 bits per heavy atom. The van der Waals surface area contributed by atoms with Crippen LogP contribution in [-0.4, -0.2) is 44.8 Å². The van der Waals surface area contributed by atoms with Crippen LogP contribution in [0, 0.1) is 23.2 Å². The van der Waals surface area contributed by atoms with Gasteiger partial charge in [-0.25, -0.2) is 0 Å². The largest absolute Gasteiger partial charge is 0.393 e. The second kappa shape index (κ2) is 9.91. The number of rotatable bonds is 7. The van der Waals surface area contributed by atoms with Gasteiger partial charge in [-0.2, -0.15) is 0 Å². The van der Waals surface area contributed by atoms with Crippen molar-refractivity contribution in [3.05, 3.63) is 35.5 Å². The van der Waals surface area contributed by atoms with Crippen molar-refractivity contribution in [1.82, 2.24) is 0 Å². The van der Waals surface area contributed by atoms with Crippen molar-refractivity contribution < 1.29 is 20.4 Å². The molecule has 0 aromatic heterocycles. The summed E-state index contributed by atoms with van der Waals surface area (Å²) in [5.41, 5.74) is 2.97. The Bertz CT molecular complexity index is 706. The van der Waals surface area contributed by atoms with Crippen LogP contribution < -0.4 is 0 Å². The van der Waals surface area contributed by atoms with Crippen LogP contribution in [0.25, 0.3) is 0 Å². The summed E-state index contributed by atoms with van der Waals surface area (Å²) < 4.78 is 0. The van der Waals surface area contributed by atoms with Crippen molar-refractivity contribution >= 4 is 0 Å². The molecular weight excluding hydrogens is 388 g/mol. The second-order valence-corrected chi connectivity index (χ2v) is 11.3. The van der Waals surface area contributed by atoms with E-state index in [0.29, 0.717) is 24.2 Å². The number of fused-ring (bicyclic) bond motifs is 1. The maximum absolute atomic E-state index is 10.5. The van der Waals surface area contributed by atoms with Gasteiger partial charge in [0.1, 0.15) is 0 Å². The number of hydrogen-bond donors (Lipinski definition) is 4. The SMILES string of the molecule is C=C1CC[C@@H](O)C/C1=C/C=C1\CCC[C@]2(C)[C@@H]([C@H](C)CC(O)CC(C)(O)CO)CC[C@@H]12. The van der Waals surface area contributed by atoms with Crippen molar-refractivity contribution in [2.45, 2.75) is 103 Å². The van der Waals surface area contributed by atoms with Crippen LogP contribution >= 0.6 is 0 Å². The molecule has 4 nitrogen and oxygen atoms in total. The van der Waals surface area contributed by atoms with Crippen LogP contribution in [0.5, 0.6) is 0 Å². The average molecular weight is 433 g/mol. The molecule has 4 heteroatoms. The minimum Gasteiger partial charge on any atom is -0.393 e. The first-order valence-electron chi connectivity index (χ1n) is 12.3. The molecule has 4 N–H and O–H groups in total. The van der Waals surface area contributed by atoms with E-state index in [1.807, 2.05) is 0 Å². The third-order valence-corrected chi connectivity index (χ3v) is 8.57. The fourth-order valence-corrected chi connectivity index (χ4v) is 6.86. The summed E-state index contributed by atoms with van der Waals surface area (Å²) in [6.45, 7) is 10.2. The van der Waals surface area contributed by atoms with E-state index in [4.69, 9.17) is 0 Å². The molecule has 3 saturated carbocycles. The molecule has 0 heterocycles. The van der Waals surface area contributed by atoms with Gasteiger partial charge in [-0.05, 0) is 93.5 Å². The first-order chi connectivity index (χ1) is 14.6. The Labute approximate surface area is 188 Å². The third-order valence-electron chi connectivity index (χ3n) is 8.57. The van der Waals surface area contributed by atoms with E-state index in [2.05, 4.69) is 32.6 Å². The van der Waals surface area contributed by atoms with Crippen LogP contribution in [0.15, 0.2) is 35.5 Å². The van der Waals surface area contributed by atoms with Crippen LogP contribution in [0.3, 0.4) is 0 Å². The Morgan fingerprint density at radius 3 is 2.68 bits per heavy atom. The number of hydrogen-bond acceptors (Lipinski definition) is 4. The fraction of sp³-hybridized carbons (Fsp3) is 0.778. The van der Waals surface area contributed by atoms with Crippen molar-refractivity contribution in [3.63, 3.8) is 0 Å². The zero-order chi connectivity index (χ0) is 22.8. The highest BCUT2D eigenvalue weighted by atomic mass is 16.3. The van der Waals surface area contributed by atoms with E-state index in [-0.39, 0.29) is 24.5 Å². The molecule has 0 amide bonds. The lowest BCUT2D eigenvalue weighted by Crippen LogP contribution is -2.38. The predicted octanol–water partition coefficient (Wildman–Crippen LogP) is 4.68. The Morgan fingerprint density at radius 1 is 1.23 bits per heavy atom. The van der Waals surface area contributed by atoms with E-state index < -0.39 is 11.7 Å². The van der Waals surface area contributed by atoms with Crippen LogP contribution in [0.4, 0.5) is 0 Å². The lowest BCUT2D eigenvalue weighted by atomic mass is 9.60. The highest BCUT2D eigenvalue weighted by molar-refractivity contribution is 5.36. The summed E-state index contributed by atoms with van der Waals surface area (Å²) in [6.07, 6.45) is 13.0. The quantitative estimate of drug-likeness (QED) is 0.471. The van der Waals surface area contributed by atoms with Crippen LogP contribution in [0.1, 0.15) is 85.0 Å². The van der Waals surface area contributed by atoms with Gasteiger partial charge >= 0.3 is 0 Å². The van der Waals surface area contributed by atoms with Gasteiger partial charge in [-0.3, -0.25) is 0 Å². The smallest absolute Gasteiger partial charge is 0.0874 e. The molecule has 0 aromatic rings. The molecule has 7 atom stereocenters. The van der Waals surface area contributed by atoms with Gasteiger partial charge in [0.15, 0.2) is 0 Å². The third kappa shape index (κ3) is 5.71. The molecule has 0 aliphatic heterocycles. The van der Waals surface area contributed by atoms with Gasteiger partial charge in [0, 0.05) is 6.42 Å². The minimum atomic E-state index is -1.22. The summed E-state index contributed by atoms with van der Waals surface area (Å²) in [5, 5.41) is 40.0. The van der Waals surface area contributed by atoms with E-state index in [1.165, 1.54) is 36.8 Å². The van der Waals surface area contributed by atoms with E-state index in [0.717, 1.165) is 25.7 Å². The second-order valence-electron chi connectivity index (χ2n) is 11.3. The number of aliphatic hydroxyl groups excluding tert-OH is 3. The normalized spacial score (nSPS) is 38.2. The minimum absolute atomic E-state index is 0.217. The average Bonchev–Trinajstić information content (AvgIpc) is 3.05. The number of allylic oxidation sites excluding steroid dienone is 4. The molecule has 3 fully saturated rings. The molecule has 0 radical (unpaired) electrons. The maximum Gasteiger partial charge on any atom is 0.0874 e. The standard InChI is InChI=1S/C27H44O4/c1-18-7-10-22(29)15-21(18)9-8-20-6-5-13-27(4)24(11-12-25(20)27)19(2)14-23(30)16-26(3,31)17-28/h8-9,19,22-25,28-31H,1,5-7,10-17H2,2-4H3/b20-8+,21-9-/t19-,22-,23?,24-,25+,26?,27-/m1/s1. The highest BCUT2D eigenvalue weighted by Crippen LogP contribution is 2.60. The molecule has 31 heavy (non-hydrogen) atoms. The molecule has 3 aliphatic carbocycles. The molecule has 3 aliphatic rings. The van der Waals surface area contributed by atoms with E-state index in [1.54, 1.807) is 12.5 Å². The Hall–Kier alpha value is -0.940. The first-order valence-corrected chi connectivity index (χ1v) is 12.3. The van der Waals surface area contributed by atoms with Crippen molar-refractivity contribution in [1.29, 1.82) is 0 Å². The van der Waals surface area contributed by atoms with Crippen molar-refractivity contribution in [2.24, 2.45) is 23.2 Å². The molecule has 0 saturated heterocycles. The number of aliphatic hydroxyl groups is 4. The predicted molar refractivity (Wildman–Crippen MR) is 125 cm³/mol. The molecular formula is C27H44O4. The molecule has 0 aromatic carbocycles. The summed E-state index contributed by atoms with van der Waals surface area (Å²) in [5.74, 6) is 1.53. The maximum atomic E-state index is 10.5. The zero-order valence-electron chi connectivity index (χ0n) is 19.8. The summed E-state index contributed by atoms with van der Waals surface area (Å²) in [6, 6.07) is 0. The fourth-order valence-electron chi connectivity index (χ4n) is 6.86. The van der Waals surface area contributed by atoms with E-state index in [9.17, 15) is 20.4 Å². The van der Waals surface area contributed by atoms with Crippen LogP contribution in [-0.2, 0) is 0 Å². The van der Waals surface area contributed by atoms with Crippen LogP contribution in [0.2, 0.25) is 0 Å². The van der Waals surface area contributed by atoms with Crippen molar-refractivity contribution in [2.75, 3.05) is 6.61 Å². The molecule has 176 valence electrons. The van der Waals surface area contributed by atoms with Gasteiger partial charge in [0.25, 0.3) is 0 Å². The van der Waals surface area contributed by atoms with E-state index >= 15 is 0 Å². The van der Waals surface area contributed by atoms with Crippen molar-refractivity contribution in [3.8, 4) is 0 Å². The lowest BCUT2D eigenvalue weighted by Gasteiger charge is -2.44. The lowest BCUT2D eigenvalue weighted by molar-refractivity contribution is -0.0439. The highest BCUT2D eigenvalue weighted by Gasteiger charge is 2.50. The van der Waals surface area contributed by atoms with Gasteiger partial charge in [0.2, 0.25) is 0 Å². The van der Waals surface area contributed by atoms with Gasteiger partial charge in [0.05, 0.1) is 24.4 Å². The molecule has 3 rings (SSSR count). The Balaban J connectivity index is 1.70. The summed E-state index contributed by atoms with van der Waals surface area (Å²) in [7, 11) is 0. The molecule has 2 unspecified atom stereocenters. The van der Waals surface area contributed by atoms with Gasteiger partial charge < -0.3 is 20.4 Å². The van der Waals surface area contributed by atoms with Gasteiger partial charge in [-0.1, -0.05) is 43.7 Å². The monoisotopic (exact) mass is 432 g/mol. The summed E-state index contributed by atoms with van der Waals surface area (Å²) >= 11 is 0. The topological polar surface area (TPSA) is 80.9 Å². The molecule has 0 bridgehead atoms. The summed E-state index contributed by atoms with van der Waals surface area (Å²) in [4.78, 5) is 0. The molecule has 0 spiro atoms.